The minimum Gasteiger partial charge on any atom is -0.314 e. The highest BCUT2D eigenvalue weighted by Gasteiger charge is 2.11. The minimum absolute atomic E-state index is 0. The van der Waals surface area contributed by atoms with E-state index < -0.39 is 0 Å². The van der Waals surface area contributed by atoms with Crippen molar-refractivity contribution < 1.29 is 4.39 Å². The molecule has 7 heteroatoms. The molecule has 2 heterocycles. The Kier molecular flexibility index (Phi) is 7.11. The Balaban J connectivity index is 0.00000110. The number of nitrogens with zero attached hydrogens (tertiary/aromatic N) is 3. The van der Waals surface area contributed by atoms with Gasteiger partial charge in [0, 0.05) is 38.9 Å². The van der Waals surface area contributed by atoms with E-state index in [0.717, 1.165) is 44.1 Å². The van der Waals surface area contributed by atoms with E-state index in [0.29, 0.717) is 0 Å². The Hall–Kier alpha value is -1.14. The molecule has 0 aliphatic carbocycles. The lowest BCUT2D eigenvalue weighted by Crippen LogP contribution is -2.42. The fraction of sp³-hybridized carbons (Fsp3) is 0.357. The maximum Gasteiger partial charge on any atom is 0.123 e. The summed E-state index contributed by atoms with van der Waals surface area (Å²) in [6.07, 6.45) is 1.92. The number of benzene rings is 1. The van der Waals surface area contributed by atoms with E-state index in [4.69, 9.17) is 0 Å². The lowest BCUT2D eigenvalue weighted by atomic mass is 10.3. The first-order chi connectivity index (χ1) is 9.31. The average Bonchev–Trinajstić information content (AvgIpc) is 2.89. The fourth-order valence-electron chi connectivity index (χ4n) is 2.28. The molecule has 1 aromatic heterocycles. The predicted molar refractivity (Wildman–Crippen MR) is 86.2 cm³/mol. The van der Waals surface area contributed by atoms with Crippen LogP contribution in [-0.4, -0.2) is 40.9 Å². The van der Waals surface area contributed by atoms with E-state index in [1.165, 1.54) is 12.1 Å². The van der Waals surface area contributed by atoms with Gasteiger partial charge in [0.1, 0.15) is 5.82 Å². The summed E-state index contributed by atoms with van der Waals surface area (Å²) in [5, 5.41) is 7.87. The van der Waals surface area contributed by atoms with Gasteiger partial charge in [-0.05, 0) is 30.3 Å². The van der Waals surface area contributed by atoms with Crippen LogP contribution in [0.25, 0.3) is 5.69 Å². The lowest BCUT2D eigenvalue weighted by Gasteiger charge is -2.26. The number of piperazine rings is 1. The van der Waals surface area contributed by atoms with Crippen LogP contribution in [0.3, 0.4) is 0 Å². The molecule has 1 aliphatic rings. The third kappa shape index (κ3) is 4.68. The first kappa shape index (κ1) is 17.9. The van der Waals surface area contributed by atoms with Gasteiger partial charge in [0.2, 0.25) is 0 Å². The number of nitrogens with one attached hydrogen (secondary N) is 1. The number of rotatable bonds is 3. The Morgan fingerprint density at radius 1 is 1.05 bits per heavy atom. The van der Waals surface area contributed by atoms with E-state index in [2.05, 4.69) is 15.3 Å². The van der Waals surface area contributed by atoms with E-state index >= 15 is 0 Å². The van der Waals surface area contributed by atoms with E-state index in [9.17, 15) is 4.39 Å². The van der Waals surface area contributed by atoms with Crippen molar-refractivity contribution in [1.82, 2.24) is 20.0 Å². The zero-order valence-electron chi connectivity index (χ0n) is 11.5. The molecule has 0 radical (unpaired) electrons. The van der Waals surface area contributed by atoms with Gasteiger partial charge < -0.3 is 5.32 Å². The molecule has 0 amide bonds. The summed E-state index contributed by atoms with van der Waals surface area (Å²) in [5.41, 5.74) is 1.93. The monoisotopic (exact) mass is 332 g/mol. The van der Waals surface area contributed by atoms with Crippen LogP contribution >= 0.6 is 24.8 Å². The SMILES string of the molecule is Cl.Cl.Fc1ccc(-n2ccc(CN3CCNCC3)n2)cc1. The van der Waals surface area contributed by atoms with Crippen molar-refractivity contribution in [3.63, 3.8) is 0 Å². The van der Waals surface area contributed by atoms with Gasteiger partial charge in [0.15, 0.2) is 0 Å². The highest BCUT2D eigenvalue weighted by molar-refractivity contribution is 5.85. The number of hydrogen-bond donors (Lipinski definition) is 1. The van der Waals surface area contributed by atoms with Crippen molar-refractivity contribution >= 4 is 24.8 Å². The predicted octanol–water partition coefficient (Wildman–Crippen LogP) is 2.26. The highest BCUT2D eigenvalue weighted by Crippen LogP contribution is 2.10. The van der Waals surface area contributed by atoms with Crippen LogP contribution in [-0.2, 0) is 6.54 Å². The molecule has 0 saturated carbocycles. The van der Waals surface area contributed by atoms with Gasteiger partial charge in [0.25, 0.3) is 0 Å². The second-order valence-electron chi connectivity index (χ2n) is 4.75. The second kappa shape index (κ2) is 8.34. The summed E-state index contributed by atoms with van der Waals surface area (Å²) < 4.78 is 14.7. The summed E-state index contributed by atoms with van der Waals surface area (Å²) in [6, 6.07) is 8.39. The molecule has 0 atom stereocenters. The molecule has 2 aromatic rings. The third-order valence-corrected chi connectivity index (χ3v) is 3.33. The molecule has 21 heavy (non-hydrogen) atoms. The van der Waals surface area contributed by atoms with Gasteiger partial charge in [-0.3, -0.25) is 4.90 Å². The number of aromatic nitrogens is 2. The summed E-state index contributed by atoms with van der Waals surface area (Å²) >= 11 is 0. The van der Waals surface area contributed by atoms with Crippen molar-refractivity contribution in [3.05, 3.63) is 48.0 Å². The van der Waals surface area contributed by atoms with Crippen molar-refractivity contribution in [3.8, 4) is 5.69 Å². The molecule has 0 spiro atoms. The smallest absolute Gasteiger partial charge is 0.123 e. The maximum atomic E-state index is 12.9. The summed E-state index contributed by atoms with van der Waals surface area (Å²) in [6.45, 7) is 5.07. The standard InChI is InChI=1S/C14H17FN4.2ClH/c15-12-1-3-14(4-2-12)19-8-5-13(17-19)11-18-9-6-16-7-10-18;;/h1-5,8,16H,6-7,9-11H2;2*1H. The van der Waals surface area contributed by atoms with Crippen LogP contribution in [0.2, 0.25) is 0 Å². The van der Waals surface area contributed by atoms with Gasteiger partial charge in [-0.15, -0.1) is 24.8 Å². The molecule has 1 N–H and O–H groups in total. The lowest BCUT2D eigenvalue weighted by molar-refractivity contribution is 0.230. The van der Waals surface area contributed by atoms with Crippen LogP contribution in [0.1, 0.15) is 5.69 Å². The van der Waals surface area contributed by atoms with Crippen molar-refractivity contribution in [2.24, 2.45) is 0 Å². The van der Waals surface area contributed by atoms with Crippen LogP contribution in [0, 0.1) is 5.82 Å². The normalized spacial score (nSPS) is 15.1. The molecule has 1 aliphatic heterocycles. The Morgan fingerprint density at radius 2 is 1.71 bits per heavy atom. The maximum absolute atomic E-state index is 12.9. The first-order valence-electron chi connectivity index (χ1n) is 6.55. The second-order valence-corrected chi connectivity index (χ2v) is 4.75. The molecular formula is C14H19Cl2FN4. The fourth-order valence-corrected chi connectivity index (χ4v) is 2.28. The Bertz CT molecular complexity index is 538. The Morgan fingerprint density at radius 3 is 2.38 bits per heavy atom. The van der Waals surface area contributed by atoms with Crippen molar-refractivity contribution in [2.45, 2.75) is 6.54 Å². The average molecular weight is 333 g/mol. The third-order valence-electron chi connectivity index (χ3n) is 3.33. The molecule has 116 valence electrons. The molecule has 0 unspecified atom stereocenters. The topological polar surface area (TPSA) is 33.1 Å². The van der Waals surface area contributed by atoms with Crippen molar-refractivity contribution in [1.29, 1.82) is 0 Å². The van der Waals surface area contributed by atoms with Crippen LogP contribution < -0.4 is 5.32 Å². The molecule has 3 rings (SSSR count). The van der Waals surface area contributed by atoms with Crippen LogP contribution in [0.5, 0.6) is 0 Å². The summed E-state index contributed by atoms with van der Waals surface area (Å²) in [7, 11) is 0. The molecule has 1 aromatic carbocycles. The molecule has 0 bridgehead atoms. The quantitative estimate of drug-likeness (QED) is 0.935. The molecule has 1 saturated heterocycles. The highest BCUT2D eigenvalue weighted by atomic mass is 35.5. The van der Waals surface area contributed by atoms with Gasteiger partial charge in [-0.2, -0.15) is 5.10 Å². The first-order valence-corrected chi connectivity index (χ1v) is 6.55. The molecular weight excluding hydrogens is 314 g/mol. The van der Waals surface area contributed by atoms with Crippen molar-refractivity contribution in [2.75, 3.05) is 26.2 Å². The van der Waals surface area contributed by atoms with E-state index in [1.54, 1.807) is 16.8 Å². The molecule has 1 fully saturated rings. The largest absolute Gasteiger partial charge is 0.314 e. The zero-order valence-corrected chi connectivity index (χ0v) is 13.2. The van der Waals surface area contributed by atoms with Gasteiger partial charge in [0.05, 0.1) is 11.4 Å². The van der Waals surface area contributed by atoms with Crippen LogP contribution in [0.4, 0.5) is 4.39 Å². The molecule has 4 nitrogen and oxygen atoms in total. The van der Waals surface area contributed by atoms with Gasteiger partial charge >= 0.3 is 0 Å². The summed E-state index contributed by atoms with van der Waals surface area (Å²) in [5.74, 6) is -0.225. The minimum atomic E-state index is -0.225. The number of hydrogen-bond acceptors (Lipinski definition) is 3. The van der Waals surface area contributed by atoms with Gasteiger partial charge in [-0.25, -0.2) is 9.07 Å². The zero-order chi connectivity index (χ0) is 13.1. The van der Waals surface area contributed by atoms with E-state index in [-0.39, 0.29) is 30.6 Å². The summed E-state index contributed by atoms with van der Waals surface area (Å²) in [4.78, 5) is 2.38. The van der Waals surface area contributed by atoms with Gasteiger partial charge in [-0.1, -0.05) is 0 Å². The Labute approximate surface area is 136 Å². The van der Waals surface area contributed by atoms with E-state index in [1.807, 2.05) is 12.3 Å². The number of halogens is 3. The van der Waals surface area contributed by atoms with Crippen LogP contribution in [0.15, 0.2) is 36.5 Å².